The summed E-state index contributed by atoms with van der Waals surface area (Å²) < 4.78 is 31.8. The lowest BCUT2D eigenvalue weighted by atomic mass is 10.1. The van der Waals surface area contributed by atoms with Crippen LogP contribution in [0.2, 0.25) is 0 Å². The number of carbonyl (C=O) groups excluding carboxylic acids is 1. The van der Waals surface area contributed by atoms with Crippen molar-refractivity contribution in [2.75, 3.05) is 25.4 Å². The Bertz CT molecular complexity index is 592. The molecule has 1 unspecified atom stereocenters. The van der Waals surface area contributed by atoms with Gasteiger partial charge in [-0.25, -0.2) is 13.1 Å². The second-order valence-electron chi connectivity index (χ2n) is 5.32. The van der Waals surface area contributed by atoms with E-state index in [0.717, 1.165) is 24.1 Å². The molecule has 2 rings (SSSR count). The smallest absolute Gasteiger partial charge is 0.261 e. The molecule has 8 heteroatoms. The minimum absolute atomic E-state index is 0.0350. The molecule has 124 valence electrons. The minimum atomic E-state index is -3.39. The maximum Gasteiger partial charge on any atom is 0.261 e. The van der Waals surface area contributed by atoms with Crippen molar-refractivity contribution in [2.45, 2.75) is 32.3 Å². The standard InChI is InChI=1S/C14H22N2O4S2/c1-11-5-6-13(21-11)14(17)15-7-9-22(18,19)16-10-12-4-2-3-8-20-12/h5-6,12,16H,2-4,7-10H2,1H3,(H,15,17). The second kappa shape index (κ2) is 8.05. The summed E-state index contributed by atoms with van der Waals surface area (Å²) in [7, 11) is -3.39. The number of amides is 1. The molecule has 1 saturated heterocycles. The lowest BCUT2D eigenvalue weighted by Gasteiger charge is -2.22. The van der Waals surface area contributed by atoms with Crippen molar-refractivity contribution >= 4 is 27.3 Å². The van der Waals surface area contributed by atoms with E-state index in [4.69, 9.17) is 4.74 Å². The summed E-state index contributed by atoms with van der Waals surface area (Å²) in [5.41, 5.74) is 0. The normalized spacial score (nSPS) is 19.0. The third-order valence-electron chi connectivity index (χ3n) is 3.43. The first-order valence-corrected chi connectivity index (χ1v) is 9.87. The van der Waals surface area contributed by atoms with Crippen LogP contribution in [0.15, 0.2) is 12.1 Å². The molecule has 0 aliphatic carbocycles. The van der Waals surface area contributed by atoms with E-state index < -0.39 is 10.0 Å². The highest BCUT2D eigenvalue weighted by Crippen LogP contribution is 2.14. The van der Waals surface area contributed by atoms with E-state index in [2.05, 4.69) is 10.0 Å². The number of sulfonamides is 1. The third kappa shape index (κ3) is 5.68. The fourth-order valence-electron chi connectivity index (χ4n) is 2.20. The first-order chi connectivity index (χ1) is 10.5. The molecule has 22 heavy (non-hydrogen) atoms. The largest absolute Gasteiger partial charge is 0.377 e. The maximum atomic E-state index is 11.9. The molecule has 0 spiro atoms. The van der Waals surface area contributed by atoms with Crippen LogP contribution in [0.3, 0.4) is 0 Å². The van der Waals surface area contributed by atoms with Gasteiger partial charge in [0.25, 0.3) is 5.91 Å². The molecule has 0 radical (unpaired) electrons. The topological polar surface area (TPSA) is 84.5 Å². The molecule has 2 N–H and O–H groups in total. The predicted octanol–water partition coefficient (Wildman–Crippen LogP) is 1.27. The fraction of sp³-hybridized carbons (Fsp3) is 0.643. The van der Waals surface area contributed by atoms with Crippen molar-refractivity contribution in [1.29, 1.82) is 0 Å². The van der Waals surface area contributed by atoms with E-state index in [1.54, 1.807) is 6.07 Å². The summed E-state index contributed by atoms with van der Waals surface area (Å²) in [5, 5.41) is 2.63. The molecule has 1 atom stereocenters. The van der Waals surface area contributed by atoms with E-state index in [0.29, 0.717) is 18.0 Å². The predicted molar refractivity (Wildman–Crippen MR) is 86.8 cm³/mol. The number of carbonyl (C=O) groups is 1. The molecule has 1 fully saturated rings. The monoisotopic (exact) mass is 346 g/mol. The van der Waals surface area contributed by atoms with Crippen LogP contribution in [0.5, 0.6) is 0 Å². The van der Waals surface area contributed by atoms with Gasteiger partial charge in [0, 0.05) is 24.6 Å². The van der Waals surface area contributed by atoms with E-state index in [1.165, 1.54) is 11.3 Å². The Labute approximate surface area is 135 Å². The Kier molecular flexibility index (Phi) is 6.37. The van der Waals surface area contributed by atoms with Crippen LogP contribution in [0, 0.1) is 6.92 Å². The fourth-order valence-corrected chi connectivity index (χ4v) is 3.94. The maximum absolute atomic E-state index is 11.9. The molecule has 1 aliphatic heterocycles. The first kappa shape index (κ1) is 17.4. The Balaban J connectivity index is 1.69. The van der Waals surface area contributed by atoms with Gasteiger partial charge in [0.15, 0.2) is 0 Å². The average molecular weight is 346 g/mol. The van der Waals surface area contributed by atoms with E-state index in [-0.39, 0.29) is 24.3 Å². The summed E-state index contributed by atoms with van der Waals surface area (Å²) in [6.07, 6.45) is 2.96. The Morgan fingerprint density at radius 2 is 2.23 bits per heavy atom. The van der Waals surface area contributed by atoms with Gasteiger partial charge in [-0.1, -0.05) is 0 Å². The van der Waals surface area contributed by atoms with Gasteiger partial charge >= 0.3 is 0 Å². The number of nitrogens with one attached hydrogen (secondary N) is 2. The molecule has 0 aromatic carbocycles. The third-order valence-corrected chi connectivity index (χ3v) is 5.77. The van der Waals surface area contributed by atoms with E-state index in [9.17, 15) is 13.2 Å². The van der Waals surface area contributed by atoms with Gasteiger partial charge in [-0.2, -0.15) is 0 Å². The van der Waals surface area contributed by atoms with Crippen molar-refractivity contribution < 1.29 is 17.9 Å². The number of rotatable bonds is 7. The first-order valence-electron chi connectivity index (χ1n) is 7.40. The summed E-state index contributed by atoms with van der Waals surface area (Å²) in [6, 6.07) is 3.60. The quantitative estimate of drug-likeness (QED) is 0.779. The lowest BCUT2D eigenvalue weighted by molar-refractivity contribution is 0.0200. The molecule has 2 heterocycles. The molecule has 1 amide bonds. The van der Waals surface area contributed by atoms with Crippen molar-refractivity contribution in [3.05, 3.63) is 21.9 Å². The zero-order chi connectivity index (χ0) is 16.0. The number of ether oxygens (including phenoxy) is 1. The lowest BCUT2D eigenvalue weighted by Crippen LogP contribution is -2.39. The van der Waals surface area contributed by atoms with E-state index >= 15 is 0 Å². The molecular weight excluding hydrogens is 324 g/mol. The Hall–Kier alpha value is -0.960. The van der Waals surface area contributed by atoms with Gasteiger partial charge in [0.2, 0.25) is 10.0 Å². The van der Waals surface area contributed by atoms with Gasteiger partial charge in [0.1, 0.15) is 0 Å². The van der Waals surface area contributed by atoms with Crippen LogP contribution in [0.1, 0.15) is 33.8 Å². The van der Waals surface area contributed by atoms with Crippen LogP contribution in [-0.2, 0) is 14.8 Å². The van der Waals surface area contributed by atoms with Crippen molar-refractivity contribution in [3.63, 3.8) is 0 Å². The average Bonchev–Trinajstić information content (AvgIpc) is 2.93. The van der Waals surface area contributed by atoms with Gasteiger partial charge in [-0.3, -0.25) is 4.79 Å². The number of aryl methyl sites for hydroxylation is 1. The highest BCUT2D eigenvalue weighted by atomic mass is 32.2. The van der Waals surface area contributed by atoms with Gasteiger partial charge in [-0.15, -0.1) is 11.3 Å². The number of thiophene rings is 1. The SMILES string of the molecule is Cc1ccc(C(=O)NCCS(=O)(=O)NCC2CCCCO2)s1. The molecular formula is C14H22N2O4S2. The number of hydrogen-bond donors (Lipinski definition) is 2. The Morgan fingerprint density at radius 3 is 2.86 bits per heavy atom. The number of hydrogen-bond acceptors (Lipinski definition) is 5. The van der Waals surface area contributed by atoms with Crippen LogP contribution in [-0.4, -0.2) is 45.9 Å². The zero-order valence-corrected chi connectivity index (χ0v) is 14.3. The van der Waals surface area contributed by atoms with Gasteiger partial charge < -0.3 is 10.1 Å². The van der Waals surface area contributed by atoms with Crippen LogP contribution in [0.25, 0.3) is 0 Å². The molecule has 1 aromatic heterocycles. The zero-order valence-electron chi connectivity index (χ0n) is 12.6. The van der Waals surface area contributed by atoms with Crippen molar-refractivity contribution in [3.8, 4) is 0 Å². The summed E-state index contributed by atoms with van der Waals surface area (Å²) in [4.78, 5) is 13.5. The summed E-state index contributed by atoms with van der Waals surface area (Å²) in [6.45, 7) is 3.02. The van der Waals surface area contributed by atoms with Crippen molar-refractivity contribution in [1.82, 2.24) is 10.0 Å². The Morgan fingerprint density at radius 1 is 1.41 bits per heavy atom. The van der Waals surface area contributed by atoms with E-state index in [1.807, 2.05) is 13.0 Å². The molecule has 0 bridgehead atoms. The minimum Gasteiger partial charge on any atom is -0.377 e. The summed E-state index contributed by atoms with van der Waals surface area (Å²) in [5.74, 6) is -0.362. The van der Waals surface area contributed by atoms with Crippen molar-refractivity contribution in [2.24, 2.45) is 0 Å². The molecule has 6 nitrogen and oxygen atoms in total. The van der Waals surface area contributed by atoms with Crippen LogP contribution >= 0.6 is 11.3 Å². The van der Waals surface area contributed by atoms with Gasteiger partial charge in [0.05, 0.1) is 16.7 Å². The highest BCUT2D eigenvalue weighted by Gasteiger charge is 2.18. The molecule has 1 aliphatic rings. The highest BCUT2D eigenvalue weighted by molar-refractivity contribution is 7.89. The molecule has 0 saturated carbocycles. The van der Waals surface area contributed by atoms with Gasteiger partial charge in [-0.05, 0) is 38.3 Å². The summed E-state index contributed by atoms with van der Waals surface area (Å²) >= 11 is 1.39. The van der Waals surface area contributed by atoms with Crippen LogP contribution in [0.4, 0.5) is 0 Å². The van der Waals surface area contributed by atoms with Crippen LogP contribution < -0.4 is 10.0 Å². The second-order valence-corrected chi connectivity index (χ2v) is 8.54. The molecule has 1 aromatic rings.